The topological polar surface area (TPSA) is 46.6 Å². The number of hydrogen-bond donors (Lipinski definition) is 0. The number of benzene rings is 1. The lowest BCUT2D eigenvalue weighted by atomic mass is 10.2. The molecule has 0 atom stereocenters. The van der Waals surface area contributed by atoms with E-state index in [1.807, 2.05) is 0 Å². The second-order valence-corrected chi connectivity index (χ2v) is 5.50. The van der Waals surface area contributed by atoms with Crippen LogP contribution >= 0.6 is 0 Å². The van der Waals surface area contributed by atoms with E-state index < -0.39 is 10.1 Å². The van der Waals surface area contributed by atoms with Gasteiger partial charge in [0.05, 0.1) is 18.6 Å². The van der Waals surface area contributed by atoms with Crippen LogP contribution in [0, 0.1) is 12.3 Å². The summed E-state index contributed by atoms with van der Waals surface area (Å²) >= 11 is 0. The van der Waals surface area contributed by atoms with E-state index in [1.165, 1.54) is 0 Å². The lowest BCUT2D eigenvalue weighted by Crippen LogP contribution is -2.20. The highest BCUT2D eigenvalue weighted by Gasteiger charge is 2.21. The van der Waals surface area contributed by atoms with Gasteiger partial charge < -0.3 is 4.90 Å². The third kappa shape index (κ3) is 2.14. The van der Waals surface area contributed by atoms with E-state index in [-0.39, 0.29) is 4.90 Å². The van der Waals surface area contributed by atoms with Crippen molar-refractivity contribution in [3.05, 3.63) is 23.8 Å². The third-order valence-electron chi connectivity index (χ3n) is 2.83. The van der Waals surface area contributed by atoms with E-state index >= 15 is 0 Å². The minimum Gasteiger partial charge on any atom is -0.360 e. The number of anilines is 1. The van der Waals surface area contributed by atoms with Gasteiger partial charge in [-0.25, -0.2) is 0 Å². The lowest BCUT2D eigenvalue weighted by Gasteiger charge is -2.15. The van der Waals surface area contributed by atoms with Gasteiger partial charge in [0, 0.05) is 12.2 Å². The molecule has 17 heavy (non-hydrogen) atoms. The molecule has 1 aliphatic rings. The van der Waals surface area contributed by atoms with Crippen LogP contribution in [0.5, 0.6) is 0 Å². The predicted molar refractivity (Wildman–Crippen MR) is 65.4 cm³/mol. The standard InChI is InChI=1S/C12H13NO3S/c1-3-7-13-8-6-10-9-11(4-5-12(10)13)17(14,15)16-2/h1,4-5,9H,6-8H2,2H3. The van der Waals surface area contributed by atoms with Crippen molar-refractivity contribution in [2.24, 2.45) is 0 Å². The Morgan fingerprint density at radius 1 is 1.53 bits per heavy atom. The molecule has 0 saturated carbocycles. The zero-order valence-corrected chi connectivity index (χ0v) is 10.3. The minimum absolute atomic E-state index is 0.196. The van der Waals surface area contributed by atoms with Crippen molar-refractivity contribution in [2.45, 2.75) is 11.3 Å². The Balaban J connectivity index is 2.39. The Morgan fingerprint density at radius 3 is 2.94 bits per heavy atom. The van der Waals surface area contributed by atoms with Gasteiger partial charge in [0.2, 0.25) is 0 Å². The van der Waals surface area contributed by atoms with E-state index in [4.69, 9.17) is 6.42 Å². The summed E-state index contributed by atoms with van der Waals surface area (Å²) in [6.45, 7) is 1.37. The van der Waals surface area contributed by atoms with Crippen LogP contribution in [0.3, 0.4) is 0 Å². The highest BCUT2D eigenvalue weighted by molar-refractivity contribution is 7.86. The highest BCUT2D eigenvalue weighted by Crippen LogP contribution is 2.30. The second-order valence-electron chi connectivity index (χ2n) is 3.79. The van der Waals surface area contributed by atoms with Crippen LogP contribution < -0.4 is 4.90 Å². The average Bonchev–Trinajstić information content (AvgIpc) is 2.72. The Kier molecular flexibility index (Phi) is 3.09. The molecule has 0 amide bonds. The molecule has 5 heteroatoms. The average molecular weight is 251 g/mol. The first kappa shape index (κ1) is 12.0. The molecule has 0 aliphatic carbocycles. The fraction of sp³-hybridized carbons (Fsp3) is 0.333. The second kappa shape index (κ2) is 4.40. The largest absolute Gasteiger partial charge is 0.360 e. The zero-order valence-electron chi connectivity index (χ0n) is 9.51. The fourth-order valence-corrected chi connectivity index (χ4v) is 2.69. The molecule has 0 saturated heterocycles. The van der Waals surface area contributed by atoms with Crippen molar-refractivity contribution in [3.63, 3.8) is 0 Å². The number of hydrogen-bond acceptors (Lipinski definition) is 4. The van der Waals surface area contributed by atoms with Crippen LogP contribution in [0.4, 0.5) is 5.69 Å². The van der Waals surface area contributed by atoms with E-state index in [9.17, 15) is 8.42 Å². The number of nitrogens with zero attached hydrogens (tertiary/aromatic N) is 1. The Hall–Kier alpha value is -1.51. The summed E-state index contributed by atoms with van der Waals surface area (Å²) in [6, 6.07) is 4.99. The summed E-state index contributed by atoms with van der Waals surface area (Å²) in [5.74, 6) is 2.59. The summed E-state index contributed by atoms with van der Waals surface area (Å²) in [4.78, 5) is 2.25. The first-order valence-electron chi connectivity index (χ1n) is 5.20. The Morgan fingerprint density at radius 2 is 2.29 bits per heavy atom. The van der Waals surface area contributed by atoms with Crippen LogP contribution in [-0.2, 0) is 20.7 Å². The number of terminal acetylenes is 1. The van der Waals surface area contributed by atoms with Gasteiger partial charge in [-0.2, -0.15) is 8.42 Å². The number of fused-ring (bicyclic) bond motifs is 1. The van der Waals surface area contributed by atoms with E-state index in [1.54, 1.807) is 18.2 Å². The monoisotopic (exact) mass is 251 g/mol. The first-order valence-corrected chi connectivity index (χ1v) is 6.61. The van der Waals surface area contributed by atoms with Gasteiger partial charge in [0.25, 0.3) is 10.1 Å². The first-order chi connectivity index (χ1) is 8.08. The zero-order chi connectivity index (χ0) is 12.5. The van der Waals surface area contributed by atoms with Crippen LogP contribution in [0.25, 0.3) is 0 Å². The molecular weight excluding hydrogens is 238 g/mol. The van der Waals surface area contributed by atoms with Gasteiger partial charge in [0.15, 0.2) is 0 Å². The third-order valence-corrected chi connectivity index (χ3v) is 4.10. The Labute approximate surface area is 101 Å². The molecule has 0 aromatic heterocycles. The van der Waals surface area contributed by atoms with E-state index in [0.717, 1.165) is 31.3 Å². The molecule has 0 bridgehead atoms. The number of rotatable bonds is 3. The van der Waals surface area contributed by atoms with Crippen LogP contribution in [0.2, 0.25) is 0 Å². The molecule has 0 radical (unpaired) electrons. The lowest BCUT2D eigenvalue weighted by molar-refractivity contribution is 0.397. The van der Waals surface area contributed by atoms with Gasteiger partial charge in [-0.05, 0) is 30.2 Å². The molecule has 0 spiro atoms. The summed E-state index contributed by atoms with van der Waals surface area (Å²) in [5.41, 5.74) is 2.01. The van der Waals surface area contributed by atoms with Crippen molar-refractivity contribution < 1.29 is 12.6 Å². The summed E-state index contributed by atoms with van der Waals surface area (Å²) in [6.07, 6.45) is 6.09. The smallest absolute Gasteiger partial charge is 0.296 e. The molecule has 1 aromatic rings. The molecule has 90 valence electrons. The normalized spacial score (nSPS) is 14.5. The van der Waals surface area contributed by atoms with Gasteiger partial charge in [0.1, 0.15) is 0 Å². The molecule has 1 aromatic carbocycles. The molecule has 2 rings (SSSR count). The molecule has 0 N–H and O–H groups in total. The van der Waals surface area contributed by atoms with Gasteiger partial charge in [-0.15, -0.1) is 6.42 Å². The molecule has 4 nitrogen and oxygen atoms in total. The van der Waals surface area contributed by atoms with E-state index in [2.05, 4.69) is 15.0 Å². The quantitative estimate of drug-likeness (QED) is 0.594. The van der Waals surface area contributed by atoms with Crippen molar-refractivity contribution in [2.75, 3.05) is 25.1 Å². The van der Waals surface area contributed by atoms with Gasteiger partial charge in [-0.1, -0.05) is 5.92 Å². The van der Waals surface area contributed by atoms with Crippen LogP contribution in [0.1, 0.15) is 5.56 Å². The van der Waals surface area contributed by atoms with Crippen molar-refractivity contribution >= 4 is 15.8 Å². The van der Waals surface area contributed by atoms with Crippen LogP contribution in [-0.4, -0.2) is 28.6 Å². The van der Waals surface area contributed by atoms with Crippen molar-refractivity contribution in [3.8, 4) is 12.3 Å². The molecule has 1 heterocycles. The molecule has 0 unspecified atom stereocenters. The summed E-state index contributed by atoms with van der Waals surface area (Å²) in [5, 5.41) is 0. The predicted octanol–water partition coefficient (Wildman–Crippen LogP) is 1.02. The maximum Gasteiger partial charge on any atom is 0.296 e. The maximum atomic E-state index is 11.5. The fourth-order valence-electron chi connectivity index (χ4n) is 1.97. The molecule has 0 fully saturated rings. The maximum absolute atomic E-state index is 11.5. The van der Waals surface area contributed by atoms with Crippen molar-refractivity contribution in [1.29, 1.82) is 0 Å². The van der Waals surface area contributed by atoms with Gasteiger partial charge in [-0.3, -0.25) is 4.18 Å². The molecular formula is C12H13NO3S. The van der Waals surface area contributed by atoms with Crippen molar-refractivity contribution in [1.82, 2.24) is 0 Å². The van der Waals surface area contributed by atoms with E-state index in [0.29, 0.717) is 6.54 Å². The van der Waals surface area contributed by atoms with Crippen LogP contribution in [0.15, 0.2) is 23.1 Å². The summed E-state index contributed by atoms with van der Waals surface area (Å²) < 4.78 is 27.6. The Bertz CT molecular complexity index is 572. The van der Waals surface area contributed by atoms with Gasteiger partial charge >= 0.3 is 0 Å². The molecule has 1 aliphatic heterocycles. The highest BCUT2D eigenvalue weighted by atomic mass is 32.2. The minimum atomic E-state index is -3.61. The summed E-state index contributed by atoms with van der Waals surface area (Å²) in [7, 11) is -2.45. The SMILES string of the molecule is C#CCN1CCc2cc(S(=O)(=O)OC)ccc21.